The summed E-state index contributed by atoms with van der Waals surface area (Å²) in [6, 6.07) is 13.0. The number of fused-ring (bicyclic) bond motifs is 5. The van der Waals surface area contributed by atoms with Gasteiger partial charge < -0.3 is 0 Å². The molecule has 1 aliphatic carbocycles. The summed E-state index contributed by atoms with van der Waals surface area (Å²) in [6.07, 6.45) is 3.66. The van der Waals surface area contributed by atoms with Crippen molar-refractivity contribution in [1.82, 2.24) is 4.98 Å². The third-order valence-corrected chi connectivity index (χ3v) is 10.4. The molecule has 4 aromatic rings. The van der Waals surface area contributed by atoms with Gasteiger partial charge >= 0.3 is 194 Å². The first-order chi connectivity index (χ1) is 16.7. The van der Waals surface area contributed by atoms with E-state index in [9.17, 15) is 9.59 Å². The van der Waals surface area contributed by atoms with Crippen molar-refractivity contribution in [3.05, 3.63) is 96.3 Å². The predicted molar refractivity (Wildman–Crippen MR) is 141 cm³/mol. The number of nitrogens with zero attached hydrogens (tertiary/aromatic N) is 2. The molecule has 0 N–H and O–H groups in total. The molecule has 4 nitrogen and oxygen atoms in total. The Bertz CT molecular complexity index is 1620. The summed E-state index contributed by atoms with van der Waals surface area (Å²) in [7, 11) is 0. The Morgan fingerprint density at radius 2 is 1.51 bits per heavy atom. The molecule has 172 valence electrons. The molecule has 1 aromatic carbocycles. The van der Waals surface area contributed by atoms with E-state index >= 15 is 0 Å². The van der Waals surface area contributed by atoms with Gasteiger partial charge in [-0.2, -0.15) is 0 Å². The van der Waals surface area contributed by atoms with Crippen LogP contribution in [0, 0.1) is 0 Å². The molecule has 0 spiro atoms. The van der Waals surface area contributed by atoms with Crippen LogP contribution >= 0.6 is 11.3 Å². The number of carbonyl (C=O) groups excluding carboxylic acids is 2. The molecule has 35 heavy (non-hydrogen) atoms. The summed E-state index contributed by atoms with van der Waals surface area (Å²) in [4.78, 5) is 37.8. The molecule has 0 bridgehead atoms. The van der Waals surface area contributed by atoms with Gasteiger partial charge in [0.15, 0.2) is 0 Å². The number of thiophene rings is 1. The first kappa shape index (κ1) is 21.2. The predicted octanol–water partition coefficient (Wildman–Crippen LogP) is 6.41. The number of hydrogen-bond acceptors (Lipinski definition) is 5. The zero-order valence-corrected chi connectivity index (χ0v) is 22.3. The Kier molecular flexibility index (Phi) is 4.12. The van der Waals surface area contributed by atoms with Crippen LogP contribution in [0.4, 0.5) is 16.5 Å². The van der Waals surface area contributed by atoms with Crippen LogP contribution < -0.4 is 4.90 Å². The molecule has 7 rings (SSSR count). The van der Waals surface area contributed by atoms with Crippen molar-refractivity contribution in [1.29, 1.82) is 0 Å². The second-order valence-electron chi connectivity index (χ2n) is 10.4. The summed E-state index contributed by atoms with van der Waals surface area (Å²) in [5.41, 5.74) is 7.21. The van der Waals surface area contributed by atoms with Crippen LogP contribution in [-0.2, 0) is 10.8 Å². The summed E-state index contributed by atoms with van der Waals surface area (Å²) in [5, 5.41) is 1.11. The second-order valence-corrected chi connectivity index (χ2v) is 13.1. The van der Waals surface area contributed by atoms with Crippen molar-refractivity contribution in [2.75, 3.05) is 4.90 Å². The van der Waals surface area contributed by atoms with Crippen molar-refractivity contribution in [2.45, 2.75) is 38.5 Å². The maximum absolute atomic E-state index is 13.0. The van der Waals surface area contributed by atoms with Crippen LogP contribution in [0.2, 0.25) is 0 Å². The van der Waals surface area contributed by atoms with Crippen molar-refractivity contribution in [3.8, 4) is 0 Å². The maximum atomic E-state index is 13.0. The molecular formula is C29H22N2O2SSe. The first-order valence-corrected chi connectivity index (χ1v) is 14.4. The van der Waals surface area contributed by atoms with E-state index in [-0.39, 0.29) is 42.5 Å². The van der Waals surface area contributed by atoms with Gasteiger partial charge in [0.1, 0.15) is 0 Å². The van der Waals surface area contributed by atoms with E-state index in [1.807, 2.05) is 22.1 Å². The number of para-hydroxylation sites is 1. The third kappa shape index (κ3) is 2.60. The van der Waals surface area contributed by atoms with Gasteiger partial charge in [0.25, 0.3) is 0 Å². The number of hydrogen-bond donors (Lipinski definition) is 0. The van der Waals surface area contributed by atoms with Crippen molar-refractivity contribution in [2.24, 2.45) is 0 Å². The van der Waals surface area contributed by atoms with Gasteiger partial charge in [-0.15, -0.1) is 0 Å². The third-order valence-electron chi connectivity index (χ3n) is 7.81. The van der Waals surface area contributed by atoms with Gasteiger partial charge in [0, 0.05) is 0 Å². The van der Waals surface area contributed by atoms with Gasteiger partial charge in [-0.05, 0) is 6.07 Å². The molecule has 3 aromatic heterocycles. The minimum atomic E-state index is -0.236. The summed E-state index contributed by atoms with van der Waals surface area (Å²) >= 11 is 1.74. The molecule has 0 saturated heterocycles. The number of rotatable bonds is 1. The summed E-state index contributed by atoms with van der Waals surface area (Å²) in [6.45, 7) is 9.06. The molecule has 0 atom stereocenters. The molecule has 0 unspecified atom stereocenters. The molecule has 5 heterocycles. The second kappa shape index (κ2) is 6.79. The molecule has 3 aliphatic rings. The van der Waals surface area contributed by atoms with Crippen molar-refractivity contribution >= 4 is 60.0 Å². The minimum absolute atomic E-state index is 0.111. The Hall–Kier alpha value is -3.05. The quantitative estimate of drug-likeness (QED) is 0.159. The van der Waals surface area contributed by atoms with E-state index in [1.165, 1.54) is 27.9 Å². The zero-order chi connectivity index (χ0) is 24.3. The van der Waals surface area contributed by atoms with Gasteiger partial charge in [0.2, 0.25) is 0 Å². The Balaban J connectivity index is 1.47. The van der Waals surface area contributed by atoms with E-state index < -0.39 is 0 Å². The van der Waals surface area contributed by atoms with E-state index in [0.717, 1.165) is 15.7 Å². The van der Waals surface area contributed by atoms with E-state index in [1.54, 1.807) is 17.4 Å². The molecule has 0 amide bonds. The standard InChI is InChI=1S/C29H22N2O2SSe/c1-28(2)19-7-5-8-20-23(19)31(26-21(28)9-6-10-30-26)27-22(29(20,3)4)12-15(34-27)11-16-24(32)17-13-35-14-18(17)25(16)33/h5-14H,1-4H3. The number of ketones is 2. The number of aromatic nitrogens is 1. The molecule has 0 radical (unpaired) electrons. The average molecular weight is 542 g/mol. The number of carbonyl (C=O) groups is 2. The number of benzene rings is 1. The number of allylic oxidation sites excluding steroid dienone is 1. The topological polar surface area (TPSA) is 50.3 Å². The monoisotopic (exact) mass is 542 g/mol. The Morgan fingerprint density at radius 3 is 2.20 bits per heavy atom. The fourth-order valence-electron chi connectivity index (χ4n) is 5.85. The van der Waals surface area contributed by atoms with Crippen LogP contribution in [0.3, 0.4) is 0 Å². The number of Topliss-reactive ketones (excluding diaryl/α,β-unsaturated/α-hetero) is 2. The van der Waals surface area contributed by atoms with Crippen LogP contribution in [0.25, 0.3) is 6.08 Å². The average Bonchev–Trinajstić information content (AvgIpc) is 3.54. The summed E-state index contributed by atoms with van der Waals surface area (Å²) in [5.74, 6) is 0.683. The zero-order valence-electron chi connectivity index (χ0n) is 19.8. The van der Waals surface area contributed by atoms with Crippen LogP contribution in [-0.4, -0.2) is 31.1 Å². The van der Waals surface area contributed by atoms with Crippen molar-refractivity contribution in [3.63, 3.8) is 0 Å². The van der Waals surface area contributed by atoms with Crippen LogP contribution in [0.1, 0.15) is 75.5 Å². The molecule has 0 fully saturated rings. The molecule has 0 saturated carbocycles. The van der Waals surface area contributed by atoms with Gasteiger partial charge in [-0.25, -0.2) is 0 Å². The van der Waals surface area contributed by atoms with E-state index in [0.29, 0.717) is 11.1 Å². The van der Waals surface area contributed by atoms with Crippen molar-refractivity contribution < 1.29 is 9.59 Å². The first-order valence-electron chi connectivity index (χ1n) is 11.6. The Labute approximate surface area is 213 Å². The SMILES string of the molecule is CC1(C)c2cccnc2N2c3sc(C=C4C(=O)c5c[se]cc5C4=O)cc3C(C)(C)c3cccc1c32. The summed E-state index contributed by atoms with van der Waals surface area (Å²) < 4.78 is 0. The molecule has 6 heteroatoms. The van der Waals surface area contributed by atoms with E-state index in [2.05, 4.69) is 62.9 Å². The van der Waals surface area contributed by atoms with Crippen LogP contribution in [0.5, 0.6) is 0 Å². The van der Waals surface area contributed by atoms with Gasteiger partial charge in [0.05, 0.1) is 0 Å². The van der Waals surface area contributed by atoms with Gasteiger partial charge in [-0.1, -0.05) is 13.8 Å². The van der Waals surface area contributed by atoms with Crippen LogP contribution in [0.15, 0.2) is 58.0 Å². The number of pyridine rings is 1. The van der Waals surface area contributed by atoms with Gasteiger partial charge in [-0.3, -0.25) is 0 Å². The fourth-order valence-corrected chi connectivity index (χ4v) is 8.82. The normalized spacial score (nSPS) is 18.2. The Morgan fingerprint density at radius 1 is 0.886 bits per heavy atom. The molecular weight excluding hydrogens is 519 g/mol. The fraction of sp³-hybridized carbons (Fsp3) is 0.207. The number of anilines is 3. The van der Waals surface area contributed by atoms with E-state index in [4.69, 9.17) is 4.98 Å². The molecule has 2 aliphatic heterocycles.